The number of aliphatic imine (C=N–C) groups is 1. The second kappa shape index (κ2) is 9.47. The van der Waals surface area contributed by atoms with Crippen molar-refractivity contribution in [2.24, 2.45) is 16.3 Å². The van der Waals surface area contributed by atoms with Crippen molar-refractivity contribution in [1.29, 1.82) is 0 Å². The van der Waals surface area contributed by atoms with E-state index in [1.807, 2.05) is 6.92 Å². The summed E-state index contributed by atoms with van der Waals surface area (Å²) in [4.78, 5) is 4.71. The lowest BCUT2D eigenvalue weighted by Crippen LogP contribution is -2.42. The molecule has 2 N–H and O–H groups in total. The van der Waals surface area contributed by atoms with Gasteiger partial charge in [0, 0.05) is 43.8 Å². The highest BCUT2D eigenvalue weighted by atomic mass is 32.2. The third kappa shape index (κ3) is 6.71. The first-order chi connectivity index (χ1) is 13.8. The van der Waals surface area contributed by atoms with Crippen LogP contribution in [0.15, 0.2) is 29.3 Å². The fourth-order valence-electron chi connectivity index (χ4n) is 4.07. The van der Waals surface area contributed by atoms with Gasteiger partial charge < -0.3 is 15.4 Å². The molecule has 1 aromatic rings. The van der Waals surface area contributed by atoms with Crippen LogP contribution < -0.4 is 10.6 Å². The lowest BCUT2D eigenvalue weighted by Gasteiger charge is -2.32. The van der Waals surface area contributed by atoms with Crippen LogP contribution >= 0.6 is 0 Å². The summed E-state index contributed by atoms with van der Waals surface area (Å²) in [6.07, 6.45) is 5.47. The first kappa shape index (κ1) is 22.1. The molecule has 0 spiro atoms. The Hall–Kier alpha value is -1.60. The number of ether oxygens (including phenoxy) is 1. The van der Waals surface area contributed by atoms with Gasteiger partial charge in [-0.25, -0.2) is 8.42 Å². The molecule has 0 amide bonds. The number of benzene rings is 1. The third-order valence-corrected chi connectivity index (χ3v) is 6.96. The van der Waals surface area contributed by atoms with Gasteiger partial charge in [-0.15, -0.1) is 0 Å². The standard InChI is InChI=1S/C22H35N3O3S/c1-4-23-21(25-15-22(11-12-22)16-29(3,26)27)24-14-19-6-5-13-28-20(19)18-9-7-17(2)8-10-18/h7-10,19-20H,4-6,11-16H2,1-3H3,(H2,23,24,25). The van der Waals surface area contributed by atoms with E-state index in [0.717, 1.165) is 51.3 Å². The number of guanidine groups is 1. The zero-order chi connectivity index (χ0) is 20.9. The number of hydrogen-bond donors (Lipinski definition) is 2. The maximum Gasteiger partial charge on any atom is 0.191 e. The fraction of sp³-hybridized carbons (Fsp3) is 0.682. The molecule has 1 aliphatic heterocycles. The Labute approximate surface area is 175 Å². The van der Waals surface area contributed by atoms with Crippen LogP contribution in [0, 0.1) is 18.3 Å². The largest absolute Gasteiger partial charge is 0.373 e. The second-order valence-electron chi connectivity index (χ2n) is 8.75. The molecule has 1 saturated heterocycles. The van der Waals surface area contributed by atoms with Gasteiger partial charge in [-0.2, -0.15) is 0 Å². The Morgan fingerprint density at radius 1 is 1.24 bits per heavy atom. The average molecular weight is 422 g/mol. The van der Waals surface area contributed by atoms with Crippen LogP contribution in [0.5, 0.6) is 0 Å². The van der Waals surface area contributed by atoms with Crippen LogP contribution in [0.25, 0.3) is 0 Å². The minimum absolute atomic E-state index is 0.0970. The Morgan fingerprint density at radius 3 is 2.59 bits per heavy atom. The zero-order valence-corrected chi connectivity index (χ0v) is 18.7. The molecular weight excluding hydrogens is 386 g/mol. The molecule has 1 aliphatic carbocycles. The molecule has 2 aliphatic rings. The van der Waals surface area contributed by atoms with Gasteiger partial charge in [0.1, 0.15) is 9.84 Å². The zero-order valence-electron chi connectivity index (χ0n) is 17.9. The van der Waals surface area contributed by atoms with Crippen LogP contribution in [0.3, 0.4) is 0 Å². The van der Waals surface area contributed by atoms with E-state index in [-0.39, 0.29) is 17.3 Å². The molecule has 3 rings (SSSR count). The summed E-state index contributed by atoms with van der Waals surface area (Å²) < 4.78 is 29.5. The number of hydrogen-bond acceptors (Lipinski definition) is 4. The van der Waals surface area contributed by atoms with E-state index < -0.39 is 9.84 Å². The van der Waals surface area contributed by atoms with Gasteiger partial charge in [0.25, 0.3) is 0 Å². The highest BCUT2D eigenvalue weighted by Gasteiger charge is 2.45. The van der Waals surface area contributed by atoms with Crippen LogP contribution in [0.4, 0.5) is 0 Å². The highest BCUT2D eigenvalue weighted by Crippen LogP contribution is 2.46. The maximum atomic E-state index is 11.7. The molecule has 1 aromatic carbocycles. The predicted octanol–water partition coefficient (Wildman–Crippen LogP) is 2.84. The van der Waals surface area contributed by atoms with Gasteiger partial charge in [-0.05, 0) is 45.1 Å². The first-order valence-corrected chi connectivity index (χ1v) is 12.7. The Morgan fingerprint density at radius 2 is 1.97 bits per heavy atom. The van der Waals surface area contributed by atoms with Gasteiger partial charge in [-0.1, -0.05) is 29.8 Å². The summed E-state index contributed by atoms with van der Waals surface area (Å²) in [5.41, 5.74) is 2.33. The van der Waals surface area contributed by atoms with Gasteiger partial charge in [0.2, 0.25) is 0 Å². The van der Waals surface area contributed by atoms with E-state index in [1.54, 1.807) is 0 Å². The molecular formula is C22H35N3O3S. The summed E-state index contributed by atoms with van der Waals surface area (Å²) >= 11 is 0. The van der Waals surface area contributed by atoms with Crippen molar-refractivity contribution >= 4 is 15.8 Å². The van der Waals surface area contributed by atoms with Crippen molar-refractivity contribution in [2.45, 2.75) is 45.6 Å². The van der Waals surface area contributed by atoms with E-state index in [2.05, 4.69) is 41.8 Å². The van der Waals surface area contributed by atoms with Crippen LogP contribution in [0.1, 0.15) is 49.8 Å². The Bertz CT molecular complexity index is 801. The van der Waals surface area contributed by atoms with E-state index in [9.17, 15) is 8.42 Å². The normalized spacial score (nSPS) is 24.2. The Kier molecular flexibility index (Phi) is 7.22. The fourth-order valence-corrected chi connectivity index (χ4v) is 5.57. The summed E-state index contributed by atoms with van der Waals surface area (Å²) in [6.45, 7) is 7.05. The number of rotatable bonds is 8. The number of sulfone groups is 1. The highest BCUT2D eigenvalue weighted by molar-refractivity contribution is 7.90. The maximum absolute atomic E-state index is 11.7. The minimum Gasteiger partial charge on any atom is -0.373 e. The molecule has 0 aromatic heterocycles. The number of aryl methyl sites for hydroxylation is 1. The predicted molar refractivity (Wildman–Crippen MR) is 118 cm³/mol. The van der Waals surface area contributed by atoms with Crippen LogP contribution in [0.2, 0.25) is 0 Å². The van der Waals surface area contributed by atoms with Crippen LogP contribution in [-0.4, -0.2) is 52.6 Å². The van der Waals surface area contributed by atoms with Crippen molar-refractivity contribution in [1.82, 2.24) is 10.6 Å². The van der Waals surface area contributed by atoms with Gasteiger partial charge in [-0.3, -0.25) is 4.99 Å². The third-order valence-electron chi connectivity index (χ3n) is 5.82. The SMILES string of the molecule is CCNC(=NCC1(CS(C)(=O)=O)CC1)NCC1CCCOC1c1ccc(C)cc1. The summed E-state index contributed by atoms with van der Waals surface area (Å²) in [5, 5.41) is 6.77. The van der Waals surface area contributed by atoms with E-state index in [1.165, 1.54) is 17.4 Å². The monoisotopic (exact) mass is 421 g/mol. The van der Waals surface area contributed by atoms with Crippen molar-refractivity contribution in [3.8, 4) is 0 Å². The molecule has 0 radical (unpaired) electrons. The van der Waals surface area contributed by atoms with E-state index in [0.29, 0.717) is 12.5 Å². The second-order valence-corrected chi connectivity index (χ2v) is 10.9. The molecule has 2 fully saturated rings. The van der Waals surface area contributed by atoms with Crippen molar-refractivity contribution in [2.75, 3.05) is 38.2 Å². The first-order valence-electron chi connectivity index (χ1n) is 10.7. The molecule has 1 heterocycles. The van der Waals surface area contributed by atoms with Gasteiger partial charge in [0.05, 0.1) is 11.9 Å². The van der Waals surface area contributed by atoms with E-state index in [4.69, 9.17) is 9.73 Å². The molecule has 1 saturated carbocycles. The molecule has 2 atom stereocenters. The molecule has 162 valence electrons. The average Bonchev–Trinajstić information content (AvgIpc) is 3.43. The molecule has 0 bridgehead atoms. The van der Waals surface area contributed by atoms with E-state index >= 15 is 0 Å². The van der Waals surface area contributed by atoms with Gasteiger partial charge in [0.15, 0.2) is 5.96 Å². The minimum atomic E-state index is -2.98. The van der Waals surface area contributed by atoms with Crippen molar-refractivity contribution in [3.63, 3.8) is 0 Å². The summed E-state index contributed by atoms with van der Waals surface area (Å²) in [6, 6.07) is 8.61. The molecule has 29 heavy (non-hydrogen) atoms. The lowest BCUT2D eigenvalue weighted by molar-refractivity contribution is -0.0265. The summed E-state index contributed by atoms with van der Waals surface area (Å²) in [7, 11) is -2.98. The van der Waals surface area contributed by atoms with Crippen molar-refractivity contribution in [3.05, 3.63) is 35.4 Å². The quantitative estimate of drug-likeness (QED) is 0.498. The van der Waals surface area contributed by atoms with Crippen LogP contribution in [-0.2, 0) is 14.6 Å². The smallest absolute Gasteiger partial charge is 0.191 e. The number of nitrogens with zero attached hydrogens (tertiary/aromatic N) is 1. The molecule has 6 nitrogen and oxygen atoms in total. The molecule has 7 heteroatoms. The Balaban J connectivity index is 1.61. The topological polar surface area (TPSA) is 79.8 Å². The lowest BCUT2D eigenvalue weighted by atomic mass is 9.89. The number of nitrogens with one attached hydrogen (secondary N) is 2. The van der Waals surface area contributed by atoms with Crippen molar-refractivity contribution < 1.29 is 13.2 Å². The summed E-state index contributed by atoms with van der Waals surface area (Å²) in [5.74, 6) is 1.37. The van der Waals surface area contributed by atoms with Gasteiger partial charge >= 0.3 is 0 Å². The molecule has 2 unspecified atom stereocenters.